The van der Waals surface area contributed by atoms with E-state index in [2.05, 4.69) is 23.9 Å². The summed E-state index contributed by atoms with van der Waals surface area (Å²) in [6, 6.07) is 0. The Morgan fingerprint density at radius 3 is 1.87 bits per heavy atom. The summed E-state index contributed by atoms with van der Waals surface area (Å²) in [5, 5.41) is 5.22. The van der Waals surface area contributed by atoms with E-state index in [1.807, 2.05) is 0 Å². The number of unbranched alkanes of at least 4 members (excludes halogenated alkanes) is 2. The largest absolute Gasteiger partial charge is 0.242 e. The highest BCUT2D eigenvalue weighted by molar-refractivity contribution is 4.64. The van der Waals surface area contributed by atoms with Crippen molar-refractivity contribution in [3.63, 3.8) is 0 Å². The summed E-state index contributed by atoms with van der Waals surface area (Å²) in [6.07, 6.45) is 9.56. The molecule has 1 fully saturated rings. The standard InChI is InChI=1S/C13H28N2/c1-3-5-10-14(11-6-4-2)15-12-8-7-9-13-15/h3-13H2,1-2H3. The molecule has 1 saturated heterocycles. The summed E-state index contributed by atoms with van der Waals surface area (Å²) in [5.74, 6) is 0. The second-order valence-corrected chi connectivity index (χ2v) is 4.68. The summed E-state index contributed by atoms with van der Waals surface area (Å²) in [5.41, 5.74) is 0. The van der Waals surface area contributed by atoms with Crippen LogP contribution in [0.5, 0.6) is 0 Å². The van der Waals surface area contributed by atoms with Crippen molar-refractivity contribution in [1.29, 1.82) is 0 Å². The number of hydrogen-bond donors (Lipinski definition) is 0. The Morgan fingerprint density at radius 1 is 0.867 bits per heavy atom. The van der Waals surface area contributed by atoms with Crippen LogP contribution in [0.3, 0.4) is 0 Å². The minimum absolute atomic E-state index is 1.27. The van der Waals surface area contributed by atoms with Gasteiger partial charge in [-0.05, 0) is 25.7 Å². The first-order valence-electron chi connectivity index (χ1n) is 6.88. The van der Waals surface area contributed by atoms with E-state index >= 15 is 0 Å². The maximum absolute atomic E-state index is 2.62. The molecule has 0 aliphatic carbocycles. The molecule has 2 nitrogen and oxygen atoms in total. The number of hydrazine groups is 1. The molecule has 2 heteroatoms. The predicted octanol–water partition coefficient (Wildman–Crippen LogP) is 3.29. The molecule has 1 heterocycles. The lowest BCUT2D eigenvalue weighted by Crippen LogP contribution is -2.46. The molecule has 15 heavy (non-hydrogen) atoms. The minimum Gasteiger partial charge on any atom is -0.242 e. The van der Waals surface area contributed by atoms with Gasteiger partial charge in [-0.25, -0.2) is 10.0 Å². The molecule has 0 spiro atoms. The molecule has 1 aliphatic rings. The number of piperidine rings is 1. The van der Waals surface area contributed by atoms with E-state index in [-0.39, 0.29) is 0 Å². The Kier molecular flexibility index (Phi) is 7.03. The summed E-state index contributed by atoms with van der Waals surface area (Å²) in [4.78, 5) is 0. The fourth-order valence-electron chi connectivity index (χ4n) is 2.24. The van der Waals surface area contributed by atoms with E-state index in [9.17, 15) is 0 Å². The van der Waals surface area contributed by atoms with Crippen molar-refractivity contribution in [2.75, 3.05) is 26.2 Å². The van der Waals surface area contributed by atoms with Gasteiger partial charge in [-0.15, -0.1) is 0 Å². The summed E-state index contributed by atoms with van der Waals surface area (Å²) in [7, 11) is 0. The van der Waals surface area contributed by atoms with Gasteiger partial charge in [0.2, 0.25) is 0 Å². The third-order valence-corrected chi connectivity index (χ3v) is 3.27. The summed E-state index contributed by atoms with van der Waals surface area (Å²) < 4.78 is 0. The van der Waals surface area contributed by atoms with Crippen LogP contribution in [0.1, 0.15) is 58.8 Å². The quantitative estimate of drug-likeness (QED) is 0.639. The van der Waals surface area contributed by atoms with Gasteiger partial charge in [0.25, 0.3) is 0 Å². The molecule has 0 N–H and O–H groups in total. The van der Waals surface area contributed by atoms with Crippen molar-refractivity contribution >= 4 is 0 Å². The molecule has 0 aromatic heterocycles. The molecule has 0 saturated carbocycles. The highest BCUT2D eigenvalue weighted by Gasteiger charge is 2.16. The third kappa shape index (κ3) is 4.98. The van der Waals surface area contributed by atoms with Crippen molar-refractivity contribution < 1.29 is 0 Å². The first-order valence-corrected chi connectivity index (χ1v) is 6.88. The lowest BCUT2D eigenvalue weighted by atomic mass is 10.1. The number of rotatable bonds is 7. The molecular formula is C13H28N2. The zero-order chi connectivity index (χ0) is 10.9. The first kappa shape index (κ1) is 13.0. The third-order valence-electron chi connectivity index (χ3n) is 3.27. The smallest absolute Gasteiger partial charge is 0.0133 e. The molecule has 1 rings (SSSR count). The second kappa shape index (κ2) is 8.12. The van der Waals surface area contributed by atoms with Gasteiger partial charge >= 0.3 is 0 Å². The van der Waals surface area contributed by atoms with Crippen LogP contribution in [0.25, 0.3) is 0 Å². The van der Waals surface area contributed by atoms with Crippen molar-refractivity contribution in [2.45, 2.75) is 58.8 Å². The van der Waals surface area contributed by atoms with Crippen LogP contribution in [0.4, 0.5) is 0 Å². The zero-order valence-electron chi connectivity index (χ0n) is 10.7. The van der Waals surface area contributed by atoms with Crippen LogP contribution in [0, 0.1) is 0 Å². The monoisotopic (exact) mass is 212 g/mol. The molecule has 0 bridgehead atoms. The SMILES string of the molecule is CCCCN(CCCC)N1CCCCC1. The lowest BCUT2D eigenvalue weighted by Gasteiger charge is -2.37. The van der Waals surface area contributed by atoms with Crippen LogP contribution in [0.15, 0.2) is 0 Å². The average Bonchev–Trinajstić information content (AvgIpc) is 2.30. The fourth-order valence-corrected chi connectivity index (χ4v) is 2.24. The molecule has 0 atom stereocenters. The van der Waals surface area contributed by atoms with Crippen LogP contribution >= 0.6 is 0 Å². The Hall–Kier alpha value is -0.0800. The Bertz CT molecular complexity index is 133. The van der Waals surface area contributed by atoms with Gasteiger partial charge in [0.1, 0.15) is 0 Å². The van der Waals surface area contributed by atoms with Crippen molar-refractivity contribution in [1.82, 2.24) is 10.0 Å². The summed E-state index contributed by atoms with van der Waals surface area (Å²) in [6.45, 7) is 9.72. The van der Waals surface area contributed by atoms with Gasteiger partial charge in [0.15, 0.2) is 0 Å². The molecule has 90 valence electrons. The van der Waals surface area contributed by atoms with Crippen molar-refractivity contribution in [3.05, 3.63) is 0 Å². The van der Waals surface area contributed by atoms with E-state index in [0.29, 0.717) is 0 Å². The van der Waals surface area contributed by atoms with E-state index in [1.54, 1.807) is 0 Å². The Labute approximate surface area is 95.6 Å². The molecular weight excluding hydrogens is 184 g/mol. The highest BCUT2D eigenvalue weighted by atomic mass is 15.6. The number of nitrogens with zero attached hydrogens (tertiary/aromatic N) is 2. The zero-order valence-corrected chi connectivity index (χ0v) is 10.7. The van der Waals surface area contributed by atoms with Crippen molar-refractivity contribution in [3.8, 4) is 0 Å². The topological polar surface area (TPSA) is 6.48 Å². The van der Waals surface area contributed by atoms with E-state index < -0.39 is 0 Å². The summed E-state index contributed by atoms with van der Waals surface area (Å²) >= 11 is 0. The maximum atomic E-state index is 2.62. The average molecular weight is 212 g/mol. The van der Waals surface area contributed by atoms with E-state index in [0.717, 1.165) is 0 Å². The predicted molar refractivity (Wildman–Crippen MR) is 66.8 cm³/mol. The van der Waals surface area contributed by atoms with Gasteiger partial charge in [-0.1, -0.05) is 33.1 Å². The molecule has 0 amide bonds. The molecule has 0 aromatic rings. The van der Waals surface area contributed by atoms with Crippen LogP contribution in [0.2, 0.25) is 0 Å². The first-order chi connectivity index (χ1) is 7.38. The van der Waals surface area contributed by atoms with Crippen molar-refractivity contribution in [2.24, 2.45) is 0 Å². The number of hydrogen-bond acceptors (Lipinski definition) is 2. The van der Waals surface area contributed by atoms with E-state index in [1.165, 1.54) is 71.1 Å². The van der Waals surface area contributed by atoms with Gasteiger partial charge < -0.3 is 0 Å². The minimum atomic E-state index is 1.27. The van der Waals surface area contributed by atoms with E-state index in [4.69, 9.17) is 0 Å². The van der Waals surface area contributed by atoms with Crippen LogP contribution < -0.4 is 0 Å². The normalized spacial score (nSPS) is 18.6. The highest BCUT2D eigenvalue weighted by Crippen LogP contribution is 2.13. The van der Waals surface area contributed by atoms with Gasteiger partial charge in [0, 0.05) is 26.2 Å². The van der Waals surface area contributed by atoms with Crippen LogP contribution in [-0.4, -0.2) is 36.2 Å². The Morgan fingerprint density at radius 2 is 1.40 bits per heavy atom. The molecule has 0 aromatic carbocycles. The Balaban J connectivity index is 2.30. The maximum Gasteiger partial charge on any atom is 0.0133 e. The van der Waals surface area contributed by atoms with Gasteiger partial charge in [-0.2, -0.15) is 0 Å². The molecule has 0 unspecified atom stereocenters. The van der Waals surface area contributed by atoms with Gasteiger partial charge in [-0.3, -0.25) is 0 Å². The molecule has 0 radical (unpaired) electrons. The lowest BCUT2D eigenvalue weighted by molar-refractivity contribution is -0.0411. The van der Waals surface area contributed by atoms with Crippen LogP contribution in [-0.2, 0) is 0 Å². The van der Waals surface area contributed by atoms with Gasteiger partial charge in [0.05, 0.1) is 0 Å². The fraction of sp³-hybridized carbons (Fsp3) is 1.00. The molecule has 1 aliphatic heterocycles. The second-order valence-electron chi connectivity index (χ2n) is 4.68.